The van der Waals surface area contributed by atoms with Crippen LogP contribution in [0.3, 0.4) is 0 Å². The van der Waals surface area contributed by atoms with Gasteiger partial charge in [0, 0.05) is 45.3 Å². The van der Waals surface area contributed by atoms with Crippen LogP contribution in [0, 0.1) is 0 Å². The Bertz CT molecular complexity index is 289. The standard InChI is InChI=1S/C13H25N3O2/c1-13(2,3)18-12(17)10-15-8-11(9-15)16-6-4-14-5-7-16/h11,14H,4-10H2,1-3H3. The Kier molecular flexibility index (Phi) is 4.25. The van der Waals surface area contributed by atoms with Gasteiger partial charge in [0.15, 0.2) is 0 Å². The van der Waals surface area contributed by atoms with Crippen molar-refractivity contribution < 1.29 is 9.53 Å². The van der Waals surface area contributed by atoms with Crippen LogP contribution >= 0.6 is 0 Å². The highest BCUT2D eigenvalue weighted by Gasteiger charge is 2.33. The number of likely N-dealkylation sites (tertiary alicyclic amines) is 1. The fraction of sp³-hybridized carbons (Fsp3) is 0.923. The van der Waals surface area contributed by atoms with Crippen molar-refractivity contribution in [3.05, 3.63) is 0 Å². The Morgan fingerprint density at radius 2 is 1.89 bits per heavy atom. The number of nitrogens with one attached hydrogen (secondary N) is 1. The van der Waals surface area contributed by atoms with E-state index in [9.17, 15) is 4.79 Å². The number of piperazine rings is 1. The summed E-state index contributed by atoms with van der Waals surface area (Å²) in [6, 6.07) is 0.634. The van der Waals surface area contributed by atoms with Crippen LogP contribution in [0.1, 0.15) is 20.8 Å². The van der Waals surface area contributed by atoms with Crippen LogP contribution in [-0.2, 0) is 9.53 Å². The third kappa shape index (κ3) is 3.93. The first-order valence-corrected chi connectivity index (χ1v) is 6.83. The van der Waals surface area contributed by atoms with E-state index in [0.29, 0.717) is 12.6 Å². The second-order valence-corrected chi connectivity index (χ2v) is 6.22. The van der Waals surface area contributed by atoms with Crippen LogP contribution < -0.4 is 5.32 Å². The highest BCUT2D eigenvalue weighted by atomic mass is 16.6. The number of hydrogen-bond donors (Lipinski definition) is 1. The highest BCUT2D eigenvalue weighted by Crippen LogP contribution is 2.16. The summed E-state index contributed by atoms with van der Waals surface area (Å²) in [6.45, 7) is 12.6. The van der Waals surface area contributed by atoms with Gasteiger partial charge >= 0.3 is 5.97 Å². The molecule has 0 aliphatic carbocycles. The molecule has 0 amide bonds. The number of ether oxygens (including phenoxy) is 1. The summed E-state index contributed by atoms with van der Waals surface area (Å²) < 4.78 is 5.32. The number of nitrogens with zero attached hydrogens (tertiary/aromatic N) is 2. The Balaban J connectivity index is 1.65. The Morgan fingerprint density at radius 3 is 2.44 bits per heavy atom. The summed E-state index contributed by atoms with van der Waals surface area (Å²) in [5, 5.41) is 3.36. The minimum absolute atomic E-state index is 0.110. The van der Waals surface area contributed by atoms with E-state index in [-0.39, 0.29) is 11.6 Å². The average Bonchev–Trinajstić information content (AvgIpc) is 2.21. The van der Waals surface area contributed by atoms with Gasteiger partial charge in [0.05, 0.1) is 6.54 Å². The van der Waals surface area contributed by atoms with Crippen molar-refractivity contribution in [2.45, 2.75) is 32.4 Å². The fourth-order valence-electron chi connectivity index (χ4n) is 2.51. The molecule has 0 bridgehead atoms. The van der Waals surface area contributed by atoms with E-state index < -0.39 is 0 Å². The first-order chi connectivity index (χ1) is 8.44. The number of carbonyl (C=O) groups excluding carboxylic acids is 1. The van der Waals surface area contributed by atoms with E-state index >= 15 is 0 Å². The van der Waals surface area contributed by atoms with Gasteiger partial charge in [-0.1, -0.05) is 0 Å². The van der Waals surface area contributed by atoms with Crippen LogP contribution in [0.25, 0.3) is 0 Å². The lowest BCUT2D eigenvalue weighted by atomic mass is 10.1. The molecule has 2 fully saturated rings. The van der Waals surface area contributed by atoms with Crippen LogP contribution in [0.5, 0.6) is 0 Å². The maximum Gasteiger partial charge on any atom is 0.320 e. The van der Waals surface area contributed by atoms with Crippen LogP contribution in [-0.4, -0.2) is 73.2 Å². The molecule has 2 rings (SSSR count). The number of hydrogen-bond acceptors (Lipinski definition) is 5. The zero-order chi connectivity index (χ0) is 13.2. The van der Waals surface area contributed by atoms with Crippen molar-refractivity contribution in [2.75, 3.05) is 45.8 Å². The maximum atomic E-state index is 11.7. The molecule has 104 valence electrons. The van der Waals surface area contributed by atoms with E-state index in [1.165, 1.54) is 0 Å². The molecule has 0 radical (unpaired) electrons. The SMILES string of the molecule is CC(C)(C)OC(=O)CN1CC(N2CCNCC2)C1. The molecule has 5 heteroatoms. The van der Waals surface area contributed by atoms with Crippen molar-refractivity contribution >= 4 is 5.97 Å². The minimum Gasteiger partial charge on any atom is -0.459 e. The first kappa shape index (κ1) is 13.8. The average molecular weight is 255 g/mol. The van der Waals surface area contributed by atoms with E-state index in [1.54, 1.807) is 0 Å². The third-order valence-electron chi connectivity index (χ3n) is 3.38. The van der Waals surface area contributed by atoms with Crippen LogP contribution in [0.15, 0.2) is 0 Å². The summed E-state index contributed by atoms with van der Waals surface area (Å²) in [6.07, 6.45) is 0. The quantitative estimate of drug-likeness (QED) is 0.715. The van der Waals surface area contributed by atoms with Gasteiger partial charge in [-0.3, -0.25) is 14.6 Å². The molecular formula is C13H25N3O2. The lowest BCUT2D eigenvalue weighted by Gasteiger charge is -2.46. The topological polar surface area (TPSA) is 44.8 Å². The molecule has 0 aromatic heterocycles. The van der Waals surface area contributed by atoms with Crippen molar-refractivity contribution in [3.63, 3.8) is 0 Å². The number of carbonyl (C=O) groups is 1. The van der Waals surface area contributed by atoms with Crippen molar-refractivity contribution in [3.8, 4) is 0 Å². The van der Waals surface area contributed by atoms with Crippen molar-refractivity contribution in [2.24, 2.45) is 0 Å². The summed E-state index contributed by atoms with van der Waals surface area (Å²) >= 11 is 0. The molecule has 0 unspecified atom stereocenters. The zero-order valence-corrected chi connectivity index (χ0v) is 11.7. The third-order valence-corrected chi connectivity index (χ3v) is 3.38. The molecule has 5 nitrogen and oxygen atoms in total. The fourth-order valence-corrected chi connectivity index (χ4v) is 2.51. The second-order valence-electron chi connectivity index (χ2n) is 6.22. The summed E-state index contributed by atoms with van der Waals surface area (Å²) in [5.74, 6) is -0.110. The van der Waals surface area contributed by atoms with E-state index in [1.807, 2.05) is 20.8 Å². The molecule has 2 aliphatic heterocycles. The van der Waals surface area contributed by atoms with Gasteiger partial charge in [0.25, 0.3) is 0 Å². The van der Waals surface area contributed by atoms with Crippen molar-refractivity contribution in [1.29, 1.82) is 0 Å². The lowest BCUT2D eigenvalue weighted by Crippen LogP contribution is -2.63. The molecule has 2 aliphatic rings. The van der Waals surface area contributed by atoms with Crippen LogP contribution in [0.4, 0.5) is 0 Å². The van der Waals surface area contributed by atoms with Gasteiger partial charge < -0.3 is 10.1 Å². The van der Waals surface area contributed by atoms with E-state index in [2.05, 4.69) is 15.1 Å². The molecule has 2 heterocycles. The summed E-state index contributed by atoms with van der Waals surface area (Å²) in [7, 11) is 0. The summed E-state index contributed by atoms with van der Waals surface area (Å²) in [5.41, 5.74) is -0.375. The van der Waals surface area contributed by atoms with E-state index in [4.69, 9.17) is 4.74 Å². The Hall–Kier alpha value is -0.650. The van der Waals surface area contributed by atoms with Gasteiger partial charge in [-0.05, 0) is 20.8 Å². The number of esters is 1. The van der Waals surface area contributed by atoms with Crippen LogP contribution in [0.2, 0.25) is 0 Å². The predicted octanol–water partition coefficient (Wildman–Crippen LogP) is -0.0825. The molecule has 0 aromatic rings. The smallest absolute Gasteiger partial charge is 0.320 e. The molecule has 1 N–H and O–H groups in total. The molecule has 2 saturated heterocycles. The first-order valence-electron chi connectivity index (χ1n) is 6.83. The maximum absolute atomic E-state index is 11.7. The summed E-state index contributed by atoms with van der Waals surface area (Å²) in [4.78, 5) is 16.3. The normalized spacial score (nSPS) is 23.7. The molecule has 0 atom stereocenters. The molecule has 18 heavy (non-hydrogen) atoms. The van der Waals surface area contributed by atoms with E-state index in [0.717, 1.165) is 39.3 Å². The predicted molar refractivity (Wildman–Crippen MR) is 70.5 cm³/mol. The van der Waals surface area contributed by atoms with Gasteiger partial charge in [-0.15, -0.1) is 0 Å². The zero-order valence-electron chi connectivity index (χ0n) is 11.7. The lowest BCUT2D eigenvalue weighted by molar-refractivity contribution is -0.158. The van der Waals surface area contributed by atoms with Gasteiger partial charge in [-0.2, -0.15) is 0 Å². The highest BCUT2D eigenvalue weighted by molar-refractivity contribution is 5.72. The molecule has 0 aromatic carbocycles. The Labute approximate surface area is 109 Å². The minimum atomic E-state index is -0.375. The molecular weight excluding hydrogens is 230 g/mol. The second kappa shape index (κ2) is 5.55. The largest absolute Gasteiger partial charge is 0.459 e. The molecule has 0 spiro atoms. The van der Waals surface area contributed by atoms with Gasteiger partial charge in [0.1, 0.15) is 5.60 Å². The van der Waals surface area contributed by atoms with Gasteiger partial charge in [-0.25, -0.2) is 0 Å². The molecule has 0 saturated carbocycles. The Morgan fingerprint density at radius 1 is 1.28 bits per heavy atom. The monoisotopic (exact) mass is 255 g/mol. The van der Waals surface area contributed by atoms with Gasteiger partial charge in [0.2, 0.25) is 0 Å². The van der Waals surface area contributed by atoms with Crippen molar-refractivity contribution in [1.82, 2.24) is 15.1 Å². The number of rotatable bonds is 3.